The molecule has 2 unspecified atom stereocenters. The number of rotatable bonds is 3. The van der Waals surface area contributed by atoms with Crippen LogP contribution in [0.3, 0.4) is 0 Å². The molecule has 5 nitrogen and oxygen atoms in total. The first-order valence-electron chi connectivity index (χ1n) is 6.34. The van der Waals surface area contributed by atoms with Crippen LogP contribution in [0.15, 0.2) is 51.6 Å². The predicted octanol–water partition coefficient (Wildman–Crippen LogP) is 2.34. The third-order valence-electron chi connectivity index (χ3n) is 3.21. The predicted molar refractivity (Wildman–Crippen MR) is 77.7 cm³/mol. The molecule has 20 heavy (non-hydrogen) atoms. The van der Waals surface area contributed by atoms with Crippen LogP contribution in [0.2, 0.25) is 0 Å². The minimum Gasteiger partial charge on any atom is -0.444 e. The standard InChI is InChI=1S/C14H14BrN3O2/c15-12-7-6-11(20-12)14(19)16-13-8-10(17-18-13)9-4-2-1-3-5-9/h1-7,10,13,17-18H,8H2,(H,16,19). The molecule has 1 aliphatic rings. The fourth-order valence-corrected chi connectivity index (χ4v) is 2.53. The number of amides is 1. The highest BCUT2D eigenvalue weighted by molar-refractivity contribution is 9.10. The van der Waals surface area contributed by atoms with Gasteiger partial charge in [-0.1, -0.05) is 30.3 Å². The minimum absolute atomic E-state index is 0.128. The number of carbonyl (C=O) groups excluding carboxylic acids is 1. The van der Waals surface area contributed by atoms with Gasteiger partial charge in [-0.3, -0.25) is 4.79 Å². The number of carbonyl (C=O) groups is 1. The highest BCUT2D eigenvalue weighted by Gasteiger charge is 2.26. The Morgan fingerprint density at radius 2 is 2.00 bits per heavy atom. The van der Waals surface area contributed by atoms with Crippen molar-refractivity contribution in [3.05, 3.63) is 58.5 Å². The third kappa shape index (κ3) is 2.92. The van der Waals surface area contributed by atoms with E-state index >= 15 is 0 Å². The lowest BCUT2D eigenvalue weighted by Crippen LogP contribution is -2.44. The maximum Gasteiger partial charge on any atom is 0.288 e. The molecule has 104 valence electrons. The quantitative estimate of drug-likeness (QED) is 0.805. The summed E-state index contributed by atoms with van der Waals surface area (Å²) in [4.78, 5) is 12.0. The Morgan fingerprint density at radius 3 is 2.70 bits per heavy atom. The lowest BCUT2D eigenvalue weighted by Gasteiger charge is -2.10. The van der Waals surface area contributed by atoms with Crippen LogP contribution in [0.5, 0.6) is 0 Å². The van der Waals surface area contributed by atoms with Gasteiger partial charge >= 0.3 is 0 Å². The number of hydrogen-bond donors (Lipinski definition) is 3. The number of furan rings is 1. The van der Waals surface area contributed by atoms with Gasteiger partial charge in [-0.05, 0) is 33.6 Å². The van der Waals surface area contributed by atoms with Crippen LogP contribution < -0.4 is 16.2 Å². The molecule has 6 heteroatoms. The summed E-state index contributed by atoms with van der Waals surface area (Å²) in [5.41, 5.74) is 7.45. The van der Waals surface area contributed by atoms with Gasteiger partial charge in [-0.2, -0.15) is 0 Å². The molecular weight excluding hydrogens is 322 g/mol. The zero-order valence-electron chi connectivity index (χ0n) is 10.6. The van der Waals surface area contributed by atoms with Gasteiger partial charge in [0.2, 0.25) is 0 Å². The Bertz CT molecular complexity index is 599. The van der Waals surface area contributed by atoms with Gasteiger partial charge in [0.05, 0.1) is 6.17 Å². The molecule has 1 aliphatic heterocycles. The number of halogens is 1. The molecule has 2 aromatic rings. The largest absolute Gasteiger partial charge is 0.444 e. The molecule has 3 N–H and O–H groups in total. The van der Waals surface area contributed by atoms with E-state index in [-0.39, 0.29) is 18.1 Å². The Hall–Kier alpha value is -1.63. The van der Waals surface area contributed by atoms with Crippen molar-refractivity contribution in [1.29, 1.82) is 0 Å². The van der Waals surface area contributed by atoms with Gasteiger partial charge in [0.15, 0.2) is 10.4 Å². The summed E-state index contributed by atoms with van der Waals surface area (Å²) in [6, 6.07) is 13.6. The van der Waals surface area contributed by atoms with Crippen molar-refractivity contribution in [2.24, 2.45) is 0 Å². The Labute approximate surface area is 124 Å². The van der Waals surface area contributed by atoms with Crippen molar-refractivity contribution < 1.29 is 9.21 Å². The molecule has 1 aromatic carbocycles. The van der Waals surface area contributed by atoms with Crippen LogP contribution in [-0.4, -0.2) is 12.1 Å². The average molecular weight is 336 g/mol. The monoisotopic (exact) mass is 335 g/mol. The van der Waals surface area contributed by atoms with E-state index < -0.39 is 0 Å². The van der Waals surface area contributed by atoms with Gasteiger partial charge in [-0.25, -0.2) is 10.9 Å². The van der Waals surface area contributed by atoms with Gasteiger partial charge in [0.25, 0.3) is 5.91 Å². The van der Waals surface area contributed by atoms with Crippen molar-refractivity contribution in [2.45, 2.75) is 18.6 Å². The molecule has 0 saturated carbocycles. The number of hydrazine groups is 1. The second kappa shape index (κ2) is 5.78. The van der Waals surface area contributed by atoms with Crippen LogP contribution >= 0.6 is 15.9 Å². The third-order valence-corrected chi connectivity index (χ3v) is 3.63. The van der Waals surface area contributed by atoms with Crippen LogP contribution in [0.1, 0.15) is 28.6 Å². The Kier molecular flexibility index (Phi) is 3.86. The summed E-state index contributed by atoms with van der Waals surface area (Å²) < 4.78 is 5.77. The molecule has 0 spiro atoms. The topological polar surface area (TPSA) is 66.3 Å². The molecule has 1 fully saturated rings. The summed E-state index contributed by atoms with van der Waals surface area (Å²) in [7, 11) is 0. The van der Waals surface area contributed by atoms with E-state index in [1.807, 2.05) is 18.2 Å². The molecule has 2 heterocycles. The first-order chi connectivity index (χ1) is 9.72. The normalized spacial score (nSPS) is 21.9. The van der Waals surface area contributed by atoms with Crippen LogP contribution in [0, 0.1) is 0 Å². The Balaban J connectivity index is 1.59. The zero-order chi connectivity index (χ0) is 13.9. The van der Waals surface area contributed by atoms with Gasteiger partial charge in [-0.15, -0.1) is 0 Å². The van der Waals surface area contributed by atoms with E-state index in [0.717, 1.165) is 6.42 Å². The number of hydrogen-bond acceptors (Lipinski definition) is 4. The lowest BCUT2D eigenvalue weighted by atomic mass is 10.0. The summed E-state index contributed by atoms with van der Waals surface area (Å²) in [6.45, 7) is 0. The maximum absolute atomic E-state index is 12.0. The smallest absolute Gasteiger partial charge is 0.288 e. The first kappa shape index (κ1) is 13.4. The van der Waals surface area contributed by atoms with Crippen molar-refractivity contribution in [3.8, 4) is 0 Å². The van der Waals surface area contributed by atoms with E-state index in [1.54, 1.807) is 12.1 Å². The molecule has 0 radical (unpaired) electrons. The van der Waals surface area contributed by atoms with Crippen LogP contribution in [-0.2, 0) is 0 Å². The second-order valence-electron chi connectivity index (χ2n) is 4.62. The van der Waals surface area contributed by atoms with Crippen molar-refractivity contribution in [1.82, 2.24) is 16.2 Å². The van der Waals surface area contributed by atoms with E-state index in [0.29, 0.717) is 10.4 Å². The van der Waals surface area contributed by atoms with E-state index in [9.17, 15) is 4.79 Å². The fourth-order valence-electron chi connectivity index (χ4n) is 2.22. The second-order valence-corrected chi connectivity index (χ2v) is 5.40. The van der Waals surface area contributed by atoms with E-state index in [4.69, 9.17) is 4.42 Å². The summed E-state index contributed by atoms with van der Waals surface area (Å²) >= 11 is 3.18. The van der Waals surface area contributed by atoms with Crippen molar-refractivity contribution >= 4 is 21.8 Å². The van der Waals surface area contributed by atoms with Crippen LogP contribution in [0.25, 0.3) is 0 Å². The molecule has 0 bridgehead atoms. The van der Waals surface area contributed by atoms with Gasteiger partial charge in [0, 0.05) is 12.5 Å². The SMILES string of the molecule is O=C(NC1CC(c2ccccc2)NN1)c1ccc(Br)o1. The maximum atomic E-state index is 12.0. The number of nitrogens with one attached hydrogen (secondary N) is 3. The molecule has 2 atom stereocenters. The minimum atomic E-state index is -0.233. The molecule has 1 amide bonds. The highest BCUT2D eigenvalue weighted by Crippen LogP contribution is 2.21. The summed E-state index contributed by atoms with van der Waals surface area (Å²) in [5, 5.41) is 2.88. The highest BCUT2D eigenvalue weighted by atomic mass is 79.9. The lowest BCUT2D eigenvalue weighted by molar-refractivity contribution is 0.0903. The molecule has 3 rings (SSSR count). The summed E-state index contributed by atoms with van der Waals surface area (Å²) in [5.74, 6) is 0.0607. The fraction of sp³-hybridized carbons (Fsp3) is 0.214. The van der Waals surface area contributed by atoms with Gasteiger partial charge in [0.1, 0.15) is 0 Å². The molecule has 0 aliphatic carbocycles. The van der Waals surface area contributed by atoms with E-state index in [2.05, 4.69) is 44.2 Å². The summed E-state index contributed by atoms with van der Waals surface area (Å²) in [6.07, 6.45) is 0.647. The molecule has 1 saturated heterocycles. The Morgan fingerprint density at radius 1 is 1.20 bits per heavy atom. The van der Waals surface area contributed by atoms with Gasteiger partial charge < -0.3 is 9.73 Å². The average Bonchev–Trinajstić information content (AvgIpc) is 3.09. The molecule has 1 aromatic heterocycles. The van der Waals surface area contributed by atoms with Crippen molar-refractivity contribution in [2.75, 3.05) is 0 Å². The van der Waals surface area contributed by atoms with Crippen molar-refractivity contribution in [3.63, 3.8) is 0 Å². The number of benzene rings is 1. The first-order valence-corrected chi connectivity index (χ1v) is 7.14. The van der Waals surface area contributed by atoms with Crippen LogP contribution in [0.4, 0.5) is 0 Å². The van der Waals surface area contributed by atoms with E-state index in [1.165, 1.54) is 5.56 Å². The molecular formula is C14H14BrN3O2. The zero-order valence-corrected chi connectivity index (χ0v) is 12.2.